The maximum absolute atomic E-state index is 13.3. The Hall–Kier alpha value is -2.65. The Kier molecular flexibility index (Phi) is 17.7. The van der Waals surface area contributed by atoms with Gasteiger partial charge in [0.05, 0.1) is 44.6 Å². The fraction of sp³-hybridized carbons (Fsp3) is 0.763. The Morgan fingerprint density at radius 3 is 2.47 bits per heavy atom. The van der Waals surface area contributed by atoms with Crippen LogP contribution in [0, 0.1) is 5.41 Å². The molecule has 51 heavy (non-hydrogen) atoms. The maximum Gasteiger partial charge on any atom is 0.330 e. The standard InChI is InChI=1S/C38H60O13/c1-6-8-9-10-11-13-32(41)50-36-26(21-33(42)45-5)20-30-24-31(25-39)47-34(43)22-27(40)15-18-46-19-16-29-23-28(12-7-2)48-35(49-29)14-17-37(3,4)38(36,44)51-30/h7,14,17,21,27-31,35-36,39-40,44H,2,6,8-13,15-16,18-20,22-25H2,1,3-5H3/b17-14+,26-21+/t27-,28+,29-,30+,31-,35+,36+,38-/m1/s1. The smallest absolute Gasteiger partial charge is 0.330 e. The molecule has 13 heteroatoms. The number of carbonyl (C=O) groups is 3. The van der Waals surface area contributed by atoms with Gasteiger partial charge in [-0.1, -0.05) is 58.6 Å². The Morgan fingerprint density at radius 1 is 1.04 bits per heavy atom. The number of aliphatic hydroxyl groups excluding tert-OH is 2. The van der Waals surface area contributed by atoms with Crippen molar-refractivity contribution < 1.29 is 62.9 Å². The van der Waals surface area contributed by atoms with E-state index in [4.69, 9.17) is 33.2 Å². The van der Waals surface area contributed by atoms with Gasteiger partial charge in [-0.05, 0) is 43.8 Å². The zero-order chi connectivity index (χ0) is 37.4. The molecule has 2 saturated heterocycles. The summed E-state index contributed by atoms with van der Waals surface area (Å²) in [5.74, 6) is -4.29. The largest absolute Gasteiger partial charge is 0.466 e. The topological polar surface area (TPSA) is 177 Å². The van der Waals surface area contributed by atoms with Crippen LogP contribution in [-0.2, 0) is 47.5 Å². The summed E-state index contributed by atoms with van der Waals surface area (Å²) in [5, 5.41) is 33.3. The summed E-state index contributed by atoms with van der Waals surface area (Å²) in [7, 11) is 1.21. The van der Waals surface area contributed by atoms with Gasteiger partial charge in [0.15, 0.2) is 12.4 Å². The van der Waals surface area contributed by atoms with E-state index in [2.05, 4.69) is 13.5 Å². The van der Waals surface area contributed by atoms with Gasteiger partial charge in [0.1, 0.15) is 6.10 Å². The molecule has 0 aromatic heterocycles. The number of esters is 3. The van der Waals surface area contributed by atoms with Gasteiger partial charge >= 0.3 is 17.9 Å². The third-order valence-corrected chi connectivity index (χ3v) is 9.55. The van der Waals surface area contributed by atoms with E-state index < -0.39 is 66.4 Å². The van der Waals surface area contributed by atoms with Gasteiger partial charge in [-0.15, -0.1) is 6.58 Å². The van der Waals surface area contributed by atoms with E-state index in [1.807, 2.05) is 0 Å². The average molecular weight is 725 g/mol. The van der Waals surface area contributed by atoms with Crippen LogP contribution in [0.5, 0.6) is 0 Å². The molecule has 2 fully saturated rings. The van der Waals surface area contributed by atoms with Crippen molar-refractivity contribution in [2.75, 3.05) is 26.9 Å². The zero-order valence-corrected chi connectivity index (χ0v) is 30.8. The molecule has 0 aromatic carbocycles. The van der Waals surface area contributed by atoms with E-state index in [0.29, 0.717) is 32.3 Å². The molecule has 0 saturated carbocycles. The summed E-state index contributed by atoms with van der Waals surface area (Å²) in [5.41, 5.74) is -1.08. The minimum absolute atomic E-state index is 0.0145. The van der Waals surface area contributed by atoms with E-state index in [9.17, 15) is 29.7 Å². The van der Waals surface area contributed by atoms with Crippen LogP contribution in [0.4, 0.5) is 0 Å². The van der Waals surface area contributed by atoms with Crippen LogP contribution in [0.1, 0.15) is 104 Å². The van der Waals surface area contributed by atoms with E-state index in [1.165, 1.54) is 13.2 Å². The number of cyclic esters (lactones) is 1. The predicted octanol–water partition coefficient (Wildman–Crippen LogP) is 4.35. The lowest BCUT2D eigenvalue weighted by atomic mass is 9.74. The molecule has 0 amide bonds. The average Bonchev–Trinajstić information content (AvgIpc) is 3.08. The maximum atomic E-state index is 13.3. The molecule has 8 atom stereocenters. The molecular formula is C38H60O13. The van der Waals surface area contributed by atoms with E-state index in [0.717, 1.165) is 25.7 Å². The fourth-order valence-corrected chi connectivity index (χ4v) is 6.55. The number of methoxy groups -OCH3 is 1. The van der Waals surface area contributed by atoms with Crippen molar-refractivity contribution in [1.29, 1.82) is 0 Å². The molecule has 3 N–H and O–H groups in total. The highest BCUT2D eigenvalue weighted by atomic mass is 16.7. The summed E-state index contributed by atoms with van der Waals surface area (Å²) < 4.78 is 41.0. The summed E-state index contributed by atoms with van der Waals surface area (Å²) in [6.45, 7) is 9.35. The molecule has 3 aliphatic rings. The van der Waals surface area contributed by atoms with Crippen molar-refractivity contribution in [2.24, 2.45) is 5.41 Å². The normalized spacial score (nSPS) is 33.7. The van der Waals surface area contributed by atoms with Gasteiger partial charge in [-0.2, -0.15) is 0 Å². The number of hydrogen-bond acceptors (Lipinski definition) is 13. The van der Waals surface area contributed by atoms with Crippen LogP contribution in [0.25, 0.3) is 0 Å². The Bertz CT molecular complexity index is 1180. The van der Waals surface area contributed by atoms with Crippen molar-refractivity contribution in [1.82, 2.24) is 0 Å². The first-order chi connectivity index (χ1) is 24.3. The number of rotatable bonds is 11. The summed E-state index contributed by atoms with van der Waals surface area (Å²) in [4.78, 5) is 38.7. The van der Waals surface area contributed by atoms with E-state index in [-0.39, 0.29) is 56.5 Å². The Balaban J connectivity index is 2.04. The molecule has 3 aliphatic heterocycles. The van der Waals surface area contributed by atoms with Gasteiger partial charge in [0, 0.05) is 44.0 Å². The van der Waals surface area contributed by atoms with Crippen LogP contribution in [0.3, 0.4) is 0 Å². The molecule has 3 rings (SSSR count). The Labute approximate surface area is 302 Å². The molecule has 0 spiro atoms. The molecule has 0 aromatic rings. The lowest BCUT2D eigenvalue weighted by Crippen LogP contribution is -2.62. The predicted molar refractivity (Wildman–Crippen MR) is 186 cm³/mol. The number of hydrogen-bond donors (Lipinski definition) is 3. The summed E-state index contributed by atoms with van der Waals surface area (Å²) in [6.07, 6.45) is 6.85. The highest BCUT2D eigenvalue weighted by Crippen LogP contribution is 2.47. The Morgan fingerprint density at radius 2 is 1.76 bits per heavy atom. The van der Waals surface area contributed by atoms with Gasteiger partial charge in [0.25, 0.3) is 0 Å². The molecule has 0 aliphatic carbocycles. The minimum Gasteiger partial charge on any atom is -0.466 e. The van der Waals surface area contributed by atoms with Crippen molar-refractivity contribution in [3.8, 4) is 0 Å². The molecular weight excluding hydrogens is 664 g/mol. The molecule has 3 heterocycles. The number of carbonyl (C=O) groups excluding carboxylic acids is 3. The highest BCUT2D eigenvalue weighted by molar-refractivity contribution is 5.83. The SMILES string of the molecule is C=CC[C@H]1C[C@H]2CCOCC[C@@H](O)CC(=O)O[C@@H](CO)C[C@@H]3C/C(=C\C(=O)OC)[C@H](OC(=O)CCCCCCC)[C@@](O)(O3)C(C)(C)/C=C/[C@H](O2)O1. The highest BCUT2D eigenvalue weighted by Gasteiger charge is 2.57. The van der Waals surface area contributed by atoms with Crippen LogP contribution in [0.2, 0.25) is 0 Å². The van der Waals surface area contributed by atoms with Crippen LogP contribution >= 0.6 is 0 Å². The minimum atomic E-state index is -2.27. The van der Waals surface area contributed by atoms with Crippen LogP contribution in [0.15, 0.2) is 36.5 Å². The van der Waals surface area contributed by atoms with E-state index >= 15 is 0 Å². The van der Waals surface area contributed by atoms with E-state index in [1.54, 1.807) is 32.1 Å². The lowest BCUT2D eigenvalue weighted by Gasteiger charge is -2.51. The number of aliphatic hydroxyl groups is 3. The quantitative estimate of drug-likeness (QED) is 0.0902. The van der Waals surface area contributed by atoms with Crippen LogP contribution in [-0.4, -0.2) is 109 Å². The first-order valence-electron chi connectivity index (χ1n) is 18.4. The number of ether oxygens (including phenoxy) is 7. The van der Waals surface area contributed by atoms with Gasteiger partial charge in [-0.3, -0.25) is 9.59 Å². The number of fused-ring (bicyclic) bond motifs is 4. The monoisotopic (exact) mass is 724 g/mol. The van der Waals surface area contributed by atoms with Gasteiger partial charge in [-0.25, -0.2) is 4.79 Å². The van der Waals surface area contributed by atoms with Gasteiger partial charge in [0.2, 0.25) is 5.79 Å². The van der Waals surface area contributed by atoms with Crippen molar-refractivity contribution >= 4 is 17.9 Å². The third-order valence-electron chi connectivity index (χ3n) is 9.55. The summed E-state index contributed by atoms with van der Waals surface area (Å²) >= 11 is 0. The summed E-state index contributed by atoms with van der Waals surface area (Å²) in [6, 6.07) is 0. The van der Waals surface area contributed by atoms with Gasteiger partial charge < -0.3 is 48.5 Å². The second-order valence-corrected chi connectivity index (χ2v) is 14.2. The van der Waals surface area contributed by atoms with Crippen molar-refractivity contribution in [2.45, 2.75) is 153 Å². The molecule has 13 nitrogen and oxygen atoms in total. The lowest BCUT2D eigenvalue weighted by molar-refractivity contribution is -0.327. The molecule has 4 bridgehead atoms. The molecule has 0 radical (unpaired) electrons. The first-order valence-corrected chi connectivity index (χ1v) is 18.4. The molecule has 0 unspecified atom stereocenters. The van der Waals surface area contributed by atoms with Crippen molar-refractivity contribution in [3.05, 3.63) is 36.5 Å². The second kappa shape index (κ2) is 21.2. The third kappa shape index (κ3) is 13.4. The first kappa shape index (κ1) is 42.8. The fourth-order valence-electron chi connectivity index (χ4n) is 6.55. The van der Waals surface area contributed by atoms with Crippen molar-refractivity contribution in [3.63, 3.8) is 0 Å². The van der Waals surface area contributed by atoms with Crippen LogP contribution < -0.4 is 0 Å². The zero-order valence-electron chi connectivity index (χ0n) is 30.8. The molecule has 290 valence electrons. The second-order valence-electron chi connectivity index (χ2n) is 14.2. The number of unbranched alkanes of at least 4 members (excludes halogenated alkanes) is 4.